The molecule has 0 saturated carbocycles. The van der Waals surface area contributed by atoms with Crippen molar-refractivity contribution >= 4 is 29.4 Å². The molecule has 0 aliphatic carbocycles. The van der Waals surface area contributed by atoms with E-state index in [-0.39, 0.29) is 18.1 Å². The van der Waals surface area contributed by atoms with Crippen LogP contribution in [0.3, 0.4) is 0 Å². The molecule has 0 aliphatic rings. The maximum atomic E-state index is 15.4. The lowest BCUT2D eigenvalue weighted by atomic mass is 9.90. The van der Waals surface area contributed by atoms with Gasteiger partial charge in [0.25, 0.3) is 0 Å². The number of ether oxygens (including phenoxy) is 2. The number of hydrogen-bond donors (Lipinski definition) is 2. The van der Waals surface area contributed by atoms with Crippen LogP contribution in [0, 0.1) is 11.2 Å². The summed E-state index contributed by atoms with van der Waals surface area (Å²) in [6.07, 6.45) is 5.46. The Balaban J connectivity index is 1.56. The van der Waals surface area contributed by atoms with Gasteiger partial charge in [-0.1, -0.05) is 66.7 Å². The Kier molecular flexibility index (Phi) is 9.94. The molecule has 0 heterocycles. The summed E-state index contributed by atoms with van der Waals surface area (Å²) in [7, 11) is 0. The average Bonchev–Trinajstić information content (AvgIpc) is 2.98. The van der Waals surface area contributed by atoms with Crippen LogP contribution < -0.4 is 4.74 Å². The number of aromatic hydroxyl groups is 1. The van der Waals surface area contributed by atoms with Crippen LogP contribution in [0.5, 0.6) is 11.5 Å². The summed E-state index contributed by atoms with van der Waals surface area (Å²) in [6.45, 7) is 7.48. The van der Waals surface area contributed by atoms with Crippen LogP contribution in [0.2, 0.25) is 5.02 Å². The lowest BCUT2D eigenvalue weighted by Gasteiger charge is -2.16. The van der Waals surface area contributed by atoms with Crippen LogP contribution in [0.4, 0.5) is 4.39 Å². The van der Waals surface area contributed by atoms with Crippen LogP contribution in [-0.4, -0.2) is 30.0 Å². The Morgan fingerprint density at radius 3 is 2.33 bits per heavy atom. The zero-order valence-corrected chi connectivity index (χ0v) is 24.2. The van der Waals surface area contributed by atoms with Crippen molar-refractivity contribution in [2.75, 3.05) is 13.2 Å². The van der Waals surface area contributed by atoms with E-state index in [1.165, 1.54) is 6.07 Å². The molecular weight excluding hydrogens is 553 g/mol. The molecule has 5 nitrogen and oxygen atoms in total. The number of carbonyl (C=O) groups excluding carboxylic acids is 1. The van der Waals surface area contributed by atoms with Crippen molar-refractivity contribution in [3.8, 4) is 44.9 Å². The topological polar surface area (TPSA) is 79.6 Å². The van der Waals surface area contributed by atoms with E-state index in [9.17, 15) is 9.90 Å². The first-order chi connectivity index (χ1) is 20.2. The number of esters is 1. The summed E-state index contributed by atoms with van der Waals surface area (Å²) in [4.78, 5) is 11.1. The molecule has 4 aromatic rings. The van der Waals surface area contributed by atoms with Crippen molar-refractivity contribution in [3.05, 3.63) is 113 Å². The maximum Gasteiger partial charge on any atom is 0.330 e. The third-order valence-electron chi connectivity index (χ3n) is 6.59. The van der Waals surface area contributed by atoms with Gasteiger partial charge in [-0.3, -0.25) is 0 Å². The molecule has 4 rings (SSSR count). The predicted octanol–water partition coefficient (Wildman–Crippen LogP) is 9.10. The van der Waals surface area contributed by atoms with Gasteiger partial charge in [0, 0.05) is 39.9 Å². The predicted molar refractivity (Wildman–Crippen MR) is 168 cm³/mol. The molecule has 0 saturated heterocycles. The number of hydrogen-bond acceptors (Lipinski definition) is 5. The van der Waals surface area contributed by atoms with Gasteiger partial charge in [-0.2, -0.15) is 0 Å². The highest BCUT2D eigenvalue weighted by atomic mass is 35.5. The number of allylic oxidation sites excluding steroid dienone is 1. The van der Waals surface area contributed by atoms with Crippen LogP contribution in [0.1, 0.15) is 31.4 Å². The second-order valence-corrected chi connectivity index (χ2v) is 9.98. The smallest absolute Gasteiger partial charge is 0.330 e. The highest BCUT2D eigenvalue weighted by Gasteiger charge is 2.17. The van der Waals surface area contributed by atoms with E-state index in [1.807, 2.05) is 43.3 Å². The van der Waals surface area contributed by atoms with Gasteiger partial charge in [0.2, 0.25) is 0 Å². The summed E-state index contributed by atoms with van der Waals surface area (Å²) in [5, 5.41) is 20.0. The van der Waals surface area contributed by atoms with Crippen molar-refractivity contribution in [1.29, 1.82) is 5.41 Å². The molecule has 4 aromatic carbocycles. The fourth-order valence-electron chi connectivity index (χ4n) is 4.53. The number of nitrogens with one attached hydrogen (secondary N) is 1. The molecule has 0 radical (unpaired) electrons. The fraction of sp³-hybridized carbons (Fsp3) is 0.143. The lowest BCUT2D eigenvalue weighted by molar-refractivity contribution is -0.137. The zero-order valence-electron chi connectivity index (χ0n) is 23.4. The third-order valence-corrected chi connectivity index (χ3v) is 6.92. The number of carbonyl (C=O) groups is 1. The molecule has 42 heavy (non-hydrogen) atoms. The number of phenols is 1. The van der Waals surface area contributed by atoms with Gasteiger partial charge < -0.3 is 20.0 Å². The Labute approximate surface area is 250 Å². The molecule has 0 bridgehead atoms. The molecule has 0 unspecified atom stereocenters. The standard InChI is InChI=1S/C35H31ClFNO4/c1-4-7-24-8-9-25(19-31(24)36)27-18-30(22(3)38)35(33(39)21-27)26-12-15-29(32(37)20-26)23-10-13-28(14-11-23)41-16-6-17-42-34(40)5-2/h4-5,7-15,18-21,38-39H,2,6,16-17H2,1,3H3/b7-4+,38-22?. The first-order valence-electron chi connectivity index (χ1n) is 13.4. The zero-order chi connectivity index (χ0) is 30.2. The first-order valence-corrected chi connectivity index (χ1v) is 13.8. The van der Waals surface area contributed by atoms with Crippen molar-refractivity contribution in [3.63, 3.8) is 0 Å². The van der Waals surface area contributed by atoms with E-state index in [4.69, 9.17) is 26.5 Å². The van der Waals surface area contributed by atoms with E-state index in [0.29, 0.717) is 57.2 Å². The lowest BCUT2D eigenvalue weighted by Crippen LogP contribution is -2.06. The minimum Gasteiger partial charge on any atom is -0.507 e. The Morgan fingerprint density at radius 2 is 1.69 bits per heavy atom. The summed E-state index contributed by atoms with van der Waals surface area (Å²) in [5.41, 5.74) is 5.00. The number of halogens is 2. The van der Waals surface area contributed by atoms with Crippen molar-refractivity contribution < 1.29 is 23.8 Å². The normalized spacial score (nSPS) is 11.0. The maximum absolute atomic E-state index is 15.4. The SMILES string of the molecule is C=CC(=O)OCCCOc1ccc(-c2ccc(-c3c(O)cc(-c4ccc(/C=C/C)c(Cl)c4)cc3C(C)=N)cc2F)cc1. The minimum absolute atomic E-state index is 0.0596. The van der Waals surface area contributed by atoms with Gasteiger partial charge >= 0.3 is 5.97 Å². The highest BCUT2D eigenvalue weighted by Crippen LogP contribution is 2.39. The molecule has 0 fully saturated rings. The second-order valence-electron chi connectivity index (χ2n) is 9.57. The van der Waals surface area contributed by atoms with Crippen molar-refractivity contribution in [1.82, 2.24) is 0 Å². The van der Waals surface area contributed by atoms with E-state index < -0.39 is 11.8 Å². The Hall–Kier alpha value is -4.68. The van der Waals surface area contributed by atoms with Gasteiger partial charge in [-0.05, 0) is 78.1 Å². The molecular formula is C35H31ClFNO4. The molecule has 0 amide bonds. The monoisotopic (exact) mass is 583 g/mol. The second kappa shape index (κ2) is 13.8. The molecule has 2 N–H and O–H groups in total. The molecule has 0 spiro atoms. The molecule has 7 heteroatoms. The van der Waals surface area contributed by atoms with Gasteiger partial charge in [-0.15, -0.1) is 0 Å². The van der Waals surface area contributed by atoms with Crippen LogP contribution in [0.25, 0.3) is 39.5 Å². The summed E-state index contributed by atoms with van der Waals surface area (Å²) in [5.74, 6) is -0.385. The minimum atomic E-state index is -0.472. The highest BCUT2D eigenvalue weighted by molar-refractivity contribution is 6.32. The van der Waals surface area contributed by atoms with Crippen molar-refractivity contribution in [2.45, 2.75) is 20.3 Å². The summed E-state index contributed by atoms with van der Waals surface area (Å²) >= 11 is 6.44. The first kappa shape index (κ1) is 30.3. The van der Waals surface area contributed by atoms with Gasteiger partial charge in [0.15, 0.2) is 0 Å². The third kappa shape index (κ3) is 7.14. The van der Waals surface area contributed by atoms with E-state index >= 15 is 4.39 Å². The number of rotatable bonds is 11. The Morgan fingerprint density at radius 1 is 0.976 bits per heavy atom. The quantitative estimate of drug-likeness (QED) is 0.0798. The largest absolute Gasteiger partial charge is 0.507 e. The molecule has 0 aromatic heterocycles. The molecule has 214 valence electrons. The van der Waals surface area contributed by atoms with Gasteiger partial charge in [-0.25, -0.2) is 9.18 Å². The molecule has 0 atom stereocenters. The number of benzene rings is 4. The number of phenolic OH excluding ortho intramolecular Hbond substituents is 1. The van der Waals surface area contributed by atoms with Gasteiger partial charge in [0.1, 0.15) is 17.3 Å². The van der Waals surface area contributed by atoms with Crippen LogP contribution >= 0.6 is 11.6 Å². The van der Waals surface area contributed by atoms with Crippen LogP contribution in [0.15, 0.2) is 91.5 Å². The average molecular weight is 584 g/mol. The van der Waals surface area contributed by atoms with E-state index in [0.717, 1.165) is 17.2 Å². The fourth-order valence-corrected chi connectivity index (χ4v) is 4.77. The van der Waals surface area contributed by atoms with Crippen LogP contribution in [-0.2, 0) is 9.53 Å². The summed E-state index contributed by atoms with van der Waals surface area (Å²) < 4.78 is 26.0. The van der Waals surface area contributed by atoms with E-state index in [2.05, 4.69) is 6.58 Å². The van der Waals surface area contributed by atoms with Crippen molar-refractivity contribution in [2.24, 2.45) is 0 Å². The van der Waals surface area contributed by atoms with Gasteiger partial charge in [0.05, 0.1) is 13.2 Å². The van der Waals surface area contributed by atoms with E-state index in [1.54, 1.807) is 49.4 Å². The Bertz CT molecular complexity index is 1660. The molecule has 0 aliphatic heterocycles. The summed E-state index contributed by atoms with van der Waals surface area (Å²) in [6, 6.07) is 20.8.